The van der Waals surface area contributed by atoms with Crippen LogP contribution in [0.2, 0.25) is 0 Å². The lowest BCUT2D eigenvalue weighted by atomic mass is 9.92. The minimum atomic E-state index is -0.772. The predicted molar refractivity (Wildman–Crippen MR) is 66.0 cm³/mol. The van der Waals surface area contributed by atoms with E-state index in [-0.39, 0.29) is 18.8 Å². The molecule has 100 valence electrons. The van der Waals surface area contributed by atoms with Crippen LogP contribution < -0.4 is 0 Å². The van der Waals surface area contributed by atoms with Gasteiger partial charge in [-0.05, 0) is 25.2 Å². The maximum atomic E-state index is 10.7. The van der Waals surface area contributed by atoms with E-state index in [1.54, 1.807) is 0 Å². The lowest BCUT2D eigenvalue weighted by Gasteiger charge is -2.14. The first-order valence-electron chi connectivity index (χ1n) is 6.49. The normalized spacial score (nSPS) is 12.3. The number of hydrogen-bond donors (Lipinski definition) is 2. The minimum absolute atomic E-state index is 0.189. The van der Waals surface area contributed by atoms with Gasteiger partial charge in [-0.3, -0.25) is 9.59 Å². The fourth-order valence-corrected chi connectivity index (χ4v) is 1.99. The molecule has 0 amide bonds. The standard InChI is InChI=1S/C13H24O4/c1-2-3-4-7-11(10-13(16)17)8-5-6-9-12(14)15/h11H,2-10H2,1H3,(H,14,15)(H,16,17). The summed E-state index contributed by atoms with van der Waals surface area (Å²) in [6, 6.07) is 0. The van der Waals surface area contributed by atoms with Gasteiger partial charge in [0.2, 0.25) is 0 Å². The first-order chi connectivity index (χ1) is 8.06. The van der Waals surface area contributed by atoms with Crippen LogP contribution >= 0.6 is 0 Å². The number of rotatable bonds is 11. The van der Waals surface area contributed by atoms with E-state index in [9.17, 15) is 9.59 Å². The number of hydrogen-bond acceptors (Lipinski definition) is 2. The molecule has 0 aromatic rings. The Morgan fingerprint density at radius 1 is 0.941 bits per heavy atom. The van der Waals surface area contributed by atoms with Gasteiger partial charge in [-0.15, -0.1) is 0 Å². The van der Waals surface area contributed by atoms with Gasteiger partial charge in [-0.25, -0.2) is 0 Å². The van der Waals surface area contributed by atoms with Crippen molar-refractivity contribution in [1.82, 2.24) is 0 Å². The van der Waals surface area contributed by atoms with Gasteiger partial charge in [0.25, 0.3) is 0 Å². The number of carboxylic acid groups (broad SMARTS) is 2. The fraction of sp³-hybridized carbons (Fsp3) is 0.846. The van der Waals surface area contributed by atoms with Gasteiger partial charge < -0.3 is 10.2 Å². The van der Waals surface area contributed by atoms with Gasteiger partial charge in [-0.2, -0.15) is 0 Å². The van der Waals surface area contributed by atoms with Crippen molar-refractivity contribution in [2.45, 2.75) is 64.7 Å². The van der Waals surface area contributed by atoms with E-state index in [4.69, 9.17) is 10.2 Å². The molecule has 1 unspecified atom stereocenters. The highest BCUT2D eigenvalue weighted by Crippen LogP contribution is 2.20. The second-order valence-electron chi connectivity index (χ2n) is 4.60. The molecule has 4 heteroatoms. The zero-order valence-corrected chi connectivity index (χ0v) is 10.7. The summed E-state index contributed by atoms with van der Waals surface area (Å²) in [5.74, 6) is -1.30. The van der Waals surface area contributed by atoms with Crippen molar-refractivity contribution in [1.29, 1.82) is 0 Å². The zero-order chi connectivity index (χ0) is 13.1. The summed E-state index contributed by atoms with van der Waals surface area (Å²) in [5.41, 5.74) is 0. The second kappa shape index (κ2) is 10.1. The third kappa shape index (κ3) is 11.2. The van der Waals surface area contributed by atoms with Gasteiger partial charge >= 0.3 is 11.9 Å². The molecule has 0 aliphatic rings. The van der Waals surface area contributed by atoms with Crippen LogP contribution in [-0.2, 0) is 9.59 Å². The Hall–Kier alpha value is -1.06. The molecule has 0 fully saturated rings. The van der Waals surface area contributed by atoms with Crippen LogP contribution in [0, 0.1) is 5.92 Å². The molecule has 0 aliphatic carbocycles. The van der Waals surface area contributed by atoms with E-state index in [2.05, 4.69) is 6.92 Å². The fourth-order valence-electron chi connectivity index (χ4n) is 1.99. The summed E-state index contributed by atoms with van der Waals surface area (Å²) in [5, 5.41) is 17.3. The SMILES string of the molecule is CCCCCC(CCCCC(=O)O)CC(=O)O. The Bertz CT molecular complexity index is 225. The van der Waals surface area contributed by atoms with E-state index >= 15 is 0 Å². The molecule has 0 aromatic heterocycles. The van der Waals surface area contributed by atoms with Crippen molar-refractivity contribution in [2.24, 2.45) is 5.92 Å². The maximum absolute atomic E-state index is 10.7. The Morgan fingerprint density at radius 2 is 1.53 bits per heavy atom. The monoisotopic (exact) mass is 244 g/mol. The van der Waals surface area contributed by atoms with Crippen molar-refractivity contribution in [2.75, 3.05) is 0 Å². The van der Waals surface area contributed by atoms with Crippen LogP contribution in [0.4, 0.5) is 0 Å². The number of carboxylic acids is 2. The Balaban J connectivity index is 3.76. The first-order valence-corrected chi connectivity index (χ1v) is 6.49. The third-order valence-corrected chi connectivity index (χ3v) is 2.93. The maximum Gasteiger partial charge on any atom is 0.303 e. The summed E-state index contributed by atoms with van der Waals surface area (Å²) in [7, 11) is 0. The second-order valence-corrected chi connectivity index (χ2v) is 4.60. The van der Waals surface area contributed by atoms with Gasteiger partial charge in [-0.1, -0.05) is 32.6 Å². The molecule has 17 heavy (non-hydrogen) atoms. The summed E-state index contributed by atoms with van der Waals surface area (Å²) in [6.07, 6.45) is 7.02. The van der Waals surface area contributed by atoms with Crippen LogP contribution in [-0.4, -0.2) is 22.2 Å². The highest BCUT2D eigenvalue weighted by molar-refractivity contribution is 5.67. The summed E-state index contributed by atoms with van der Waals surface area (Å²) >= 11 is 0. The van der Waals surface area contributed by atoms with Gasteiger partial charge in [0, 0.05) is 12.8 Å². The molecule has 0 aliphatic heterocycles. The largest absolute Gasteiger partial charge is 0.481 e. The lowest BCUT2D eigenvalue weighted by Crippen LogP contribution is -2.08. The van der Waals surface area contributed by atoms with Crippen molar-refractivity contribution < 1.29 is 19.8 Å². The molecule has 1 atom stereocenters. The van der Waals surface area contributed by atoms with Crippen LogP contribution in [0.15, 0.2) is 0 Å². The number of unbranched alkanes of at least 4 members (excludes halogenated alkanes) is 3. The van der Waals surface area contributed by atoms with Crippen LogP contribution in [0.1, 0.15) is 64.7 Å². The van der Waals surface area contributed by atoms with E-state index in [1.807, 2.05) is 0 Å². The van der Waals surface area contributed by atoms with E-state index in [0.29, 0.717) is 6.42 Å². The van der Waals surface area contributed by atoms with Crippen molar-refractivity contribution in [3.63, 3.8) is 0 Å². The average molecular weight is 244 g/mol. The molecule has 0 saturated carbocycles. The molecule has 0 rings (SSSR count). The molecule has 0 spiro atoms. The van der Waals surface area contributed by atoms with Gasteiger partial charge in [0.05, 0.1) is 0 Å². The highest BCUT2D eigenvalue weighted by atomic mass is 16.4. The van der Waals surface area contributed by atoms with Crippen molar-refractivity contribution in [3.05, 3.63) is 0 Å². The van der Waals surface area contributed by atoms with E-state index < -0.39 is 11.9 Å². The third-order valence-electron chi connectivity index (χ3n) is 2.93. The molecule has 2 N–H and O–H groups in total. The average Bonchev–Trinajstić information content (AvgIpc) is 2.23. The number of aliphatic carboxylic acids is 2. The first kappa shape index (κ1) is 15.9. The Labute approximate surface area is 103 Å². The molecule has 0 aromatic carbocycles. The van der Waals surface area contributed by atoms with Gasteiger partial charge in [0.15, 0.2) is 0 Å². The van der Waals surface area contributed by atoms with Crippen molar-refractivity contribution in [3.8, 4) is 0 Å². The molecule has 4 nitrogen and oxygen atoms in total. The molecule has 0 radical (unpaired) electrons. The topological polar surface area (TPSA) is 74.6 Å². The minimum Gasteiger partial charge on any atom is -0.481 e. The summed E-state index contributed by atoms with van der Waals surface area (Å²) < 4.78 is 0. The van der Waals surface area contributed by atoms with Gasteiger partial charge in [0.1, 0.15) is 0 Å². The quantitative estimate of drug-likeness (QED) is 0.547. The van der Waals surface area contributed by atoms with E-state index in [1.165, 1.54) is 0 Å². The Kier molecular flexibility index (Phi) is 9.49. The van der Waals surface area contributed by atoms with E-state index in [0.717, 1.165) is 38.5 Å². The molecular weight excluding hydrogens is 220 g/mol. The lowest BCUT2D eigenvalue weighted by molar-refractivity contribution is -0.139. The summed E-state index contributed by atoms with van der Waals surface area (Å²) in [6.45, 7) is 2.12. The Morgan fingerprint density at radius 3 is 2.00 bits per heavy atom. The molecular formula is C13H24O4. The van der Waals surface area contributed by atoms with Crippen molar-refractivity contribution >= 4 is 11.9 Å². The number of carbonyl (C=O) groups is 2. The predicted octanol–water partition coefficient (Wildman–Crippen LogP) is 3.30. The molecule has 0 saturated heterocycles. The highest BCUT2D eigenvalue weighted by Gasteiger charge is 2.12. The smallest absolute Gasteiger partial charge is 0.303 e. The summed E-state index contributed by atoms with van der Waals surface area (Å²) in [4.78, 5) is 21.0. The van der Waals surface area contributed by atoms with Crippen LogP contribution in [0.25, 0.3) is 0 Å². The molecule has 0 heterocycles. The molecule has 0 bridgehead atoms. The van der Waals surface area contributed by atoms with Crippen LogP contribution in [0.3, 0.4) is 0 Å². The van der Waals surface area contributed by atoms with Crippen LogP contribution in [0.5, 0.6) is 0 Å². The zero-order valence-electron chi connectivity index (χ0n) is 10.7.